The zero-order valence-corrected chi connectivity index (χ0v) is 8.42. The number of carbonyl (C=O) groups is 1. The first-order valence-electron chi connectivity index (χ1n) is 4.54. The minimum Gasteiger partial charge on any atom is -0.368 e. The van der Waals surface area contributed by atoms with Crippen molar-refractivity contribution in [3.8, 4) is 0 Å². The summed E-state index contributed by atoms with van der Waals surface area (Å²) in [6.45, 7) is 8.12. The summed E-state index contributed by atoms with van der Waals surface area (Å²) in [4.78, 5) is 11.0. The van der Waals surface area contributed by atoms with E-state index < -0.39 is 0 Å². The third-order valence-corrected chi connectivity index (χ3v) is 2.05. The monoisotopic (exact) mass is 172 g/mol. The van der Waals surface area contributed by atoms with Crippen molar-refractivity contribution in [1.29, 1.82) is 0 Å². The van der Waals surface area contributed by atoms with Gasteiger partial charge in [-0.25, -0.2) is 0 Å². The van der Waals surface area contributed by atoms with Crippen LogP contribution in [0.1, 0.15) is 34.1 Å². The summed E-state index contributed by atoms with van der Waals surface area (Å²) in [6, 6.07) is 0.157. The molecule has 0 radical (unpaired) electrons. The van der Waals surface area contributed by atoms with Gasteiger partial charge in [0.05, 0.1) is 6.04 Å². The smallest absolute Gasteiger partial charge is 0.234 e. The largest absolute Gasteiger partial charge is 0.368 e. The quantitative estimate of drug-likeness (QED) is 0.647. The lowest BCUT2D eigenvalue weighted by Gasteiger charge is -2.22. The Kier molecular flexibility index (Phi) is 4.90. The highest BCUT2D eigenvalue weighted by atomic mass is 16.1. The van der Waals surface area contributed by atoms with Crippen molar-refractivity contribution in [3.63, 3.8) is 0 Å². The van der Waals surface area contributed by atoms with Gasteiger partial charge in [0, 0.05) is 6.04 Å². The van der Waals surface area contributed by atoms with Gasteiger partial charge in [0.1, 0.15) is 0 Å². The maximum atomic E-state index is 11.0. The summed E-state index contributed by atoms with van der Waals surface area (Å²) in [5.41, 5.74) is 5.24. The van der Waals surface area contributed by atoms with E-state index in [0.717, 1.165) is 6.42 Å². The van der Waals surface area contributed by atoms with E-state index >= 15 is 0 Å². The summed E-state index contributed by atoms with van der Waals surface area (Å²) in [6.07, 6.45) is 1.01. The molecule has 0 aliphatic rings. The third-order valence-electron chi connectivity index (χ3n) is 2.05. The predicted octanol–water partition coefficient (Wildman–Crippen LogP) is 0.884. The van der Waals surface area contributed by atoms with E-state index in [9.17, 15) is 4.79 Å². The van der Waals surface area contributed by atoms with E-state index in [1.807, 2.05) is 13.8 Å². The first-order chi connectivity index (χ1) is 5.49. The van der Waals surface area contributed by atoms with E-state index in [1.165, 1.54) is 0 Å². The second-order valence-corrected chi connectivity index (χ2v) is 3.60. The fourth-order valence-electron chi connectivity index (χ4n) is 1.03. The number of rotatable bonds is 5. The van der Waals surface area contributed by atoms with Crippen LogP contribution < -0.4 is 11.1 Å². The minimum absolute atomic E-state index is 0.194. The van der Waals surface area contributed by atoms with Crippen molar-refractivity contribution in [3.05, 3.63) is 0 Å². The van der Waals surface area contributed by atoms with Crippen LogP contribution in [-0.2, 0) is 4.79 Å². The molecule has 12 heavy (non-hydrogen) atoms. The molecule has 0 rings (SSSR count). The molecule has 3 N–H and O–H groups in total. The Hall–Kier alpha value is -0.570. The van der Waals surface area contributed by atoms with Crippen LogP contribution in [0.2, 0.25) is 0 Å². The number of hydrogen-bond donors (Lipinski definition) is 2. The lowest BCUT2D eigenvalue weighted by Crippen LogP contribution is -2.48. The average molecular weight is 172 g/mol. The molecule has 1 amide bonds. The van der Waals surface area contributed by atoms with Crippen molar-refractivity contribution in [1.82, 2.24) is 5.32 Å². The molecule has 0 aliphatic heterocycles. The maximum Gasteiger partial charge on any atom is 0.234 e. The Labute approximate surface area is 74.7 Å². The van der Waals surface area contributed by atoms with Gasteiger partial charge in [0.15, 0.2) is 0 Å². The van der Waals surface area contributed by atoms with Gasteiger partial charge in [0.2, 0.25) is 5.91 Å². The van der Waals surface area contributed by atoms with Crippen molar-refractivity contribution in [2.24, 2.45) is 11.7 Å². The number of nitrogens with one attached hydrogen (secondary N) is 1. The highest BCUT2D eigenvalue weighted by Gasteiger charge is 2.19. The first kappa shape index (κ1) is 11.4. The molecule has 3 heteroatoms. The number of hydrogen-bond acceptors (Lipinski definition) is 2. The van der Waals surface area contributed by atoms with Gasteiger partial charge in [-0.05, 0) is 19.3 Å². The van der Waals surface area contributed by atoms with Gasteiger partial charge in [-0.2, -0.15) is 0 Å². The van der Waals surface area contributed by atoms with E-state index in [4.69, 9.17) is 5.73 Å². The molecule has 0 aromatic rings. The molecule has 72 valence electrons. The Balaban J connectivity index is 4.05. The standard InChI is InChI=1S/C9H20N2O/c1-5-7(4)11-8(6(2)3)9(10)12/h6-8,11H,5H2,1-4H3,(H2,10,12). The van der Waals surface area contributed by atoms with Crippen LogP contribution in [0.5, 0.6) is 0 Å². The summed E-state index contributed by atoms with van der Waals surface area (Å²) in [7, 11) is 0. The number of amides is 1. The number of carbonyl (C=O) groups excluding carboxylic acids is 1. The van der Waals surface area contributed by atoms with E-state index in [-0.39, 0.29) is 17.9 Å². The lowest BCUT2D eigenvalue weighted by molar-refractivity contribution is -0.121. The summed E-state index contributed by atoms with van der Waals surface area (Å²) >= 11 is 0. The Morgan fingerprint density at radius 1 is 1.42 bits per heavy atom. The van der Waals surface area contributed by atoms with Crippen molar-refractivity contribution in [2.45, 2.75) is 46.2 Å². The van der Waals surface area contributed by atoms with Gasteiger partial charge >= 0.3 is 0 Å². The number of primary amides is 1. The predicted molar refractivity (Wildman–Crippen MR) is 50.7 cm³/mol. The molecule has 0 heterocycles. The molecule has 0 aliphatic carbocycles. The fraction of sp³-hybridized carbons (Fsp3) is 0.889. The van der Waals surface area contributed by atoms with Gasteiger partial charge in [-0.15, -0.1) is 0 Å². The van der Waals surface area contributed by atoms with E-state index in [0.29, 0.717) is 6.04 Å². The van der Waals surface area contributed by atoms with Crippen molar-refractivity contribution in [2.75, 3.05) is 0 Å². The normalized spacial score (nSPS) is 16.1. The Bertz CT molecular complexity index is 145. The van der Waals surface area contributed by atoms with E-state index in [2.05, 4.69) is 19.2 Å². The van der Waals surface area contributed by atoms with Gasteiger partial charge in [-0.3, -0.25) is 4.79 Å². The minimum atomic E-state index is -0.259. The second-order valence-electron chi connectivity index (χ2n) is 3.60. The molecule has 3 nitrogen and oxygen atoms in total. The summed E-state index contributed by atoms with van der Waals surface area (Å²) in [5.74, 6) is 0.00167. The van der Waals surface area contributed by atoms with Crippen LogP contribution in [0.4, 0.5) is 0 Å². The molecule has 2 atom stereocenters. The van der Waals surface area contributed by atoms with Crippen LogP contribution in [0.25, 0.3) is 0 Å². The van der Waals surface area contributed by atoms with Crippen LogP contribution in [-0.4, -0.2) is 18.0 Å². The molecule has 0 fully saturated rings. The van der Waals surface area contributed by atoms with Gasteiger partial charge in [-0.1, -0.05) is 20.8 Å². The zero-order valence-electron chi connectivity index (χ0n) is 8.42. The third kappa shape index (κ3) is 3.72. The Morgan fingerprint density at radius 2 is 1.92 bits per heavy atom. The average Bonchev–Trinajstić information content (AvgIpc) is 1.98. The van der Waals surface area contributed by atoms with Gasteiger partial charge in [0.25, 0.3) is 0 Å². The van der Waals surface area contributed by atoms with Crippen LogP contribution in [0.3, 0.4) is 0 Å². The number of nitrogens with two attached hydrogens (primary N) is 1. The van der Waals surface area contributed by atoms with Gasteiger partial charge < -0.3 is 11.1 Å². The molecular weight excluding hydrogens is 152 g/mol. The summed E-state index contributed by atoms with van der Waals surface area (Å²) in [5, 5.41) is 3.19. The Morgan fingerprint density at radius 3 is 2.17 bits per heavy atom. The van der Waals surface area contributed by atoms with Crippen molar-refractivity contribution < 1.29 is 4.79 Å². The second kappa shape index (κ2) is 5.14. The highest BCUT2D eigenvalue weighted by Crippen LogP contribution is 2.03. The molecule has 0 saturated heterocycles. The SMILES string of the molecule is CCC(C)NC(C(N)=O)C(C)C. The molecule has 0 spiro atoms. The fourth-order valence-corrected chi connectivity index (χ4v) is 1.03. The van der Waals surface area contributed by atoms with E-state index in [1.54, 1.807) is 0 Å². The van der Waals surface area contributed by atoms with Crippen molar-refractivity contribution >= 4 is 5.91 Å². The first-order valence-corrected chi connectivity index (χ1v) is 4.54. The highest BCUT2D eigenvalue weighted by molar-refractivity contribution is 5.80. The molecule has 0 saturated carbocycles. The lowest BCUT2D eigenvalue weighted by atomic mass is 10.0. The molecular formula is C9H20N2O. The van der Waals surface area contributed by atoms with Crippen LogP contribution in [0.15, 0.2) is 0 Å². The maximum absolute atomic E-state index is 11.0. The molecule has 2 unspecified atom stereocenters. The molecule has 0 aromatic carbocycles. The molecule has 0 aromatic heterocycles. The topological polar surface area (TPSA) is 55.1 Å². The zero-order chi connectivity index (χ0) is 9.72. The van der Waals surface area contributed by atoms with Crippen LogP contribution >= 0.6 is 0 Å². The summed E-state index contributed by atoms with van der Waals surface area (Å²) < 4.78 is 0. The molecule has 0 bridgehead atoms. The van der Waals surface area contributed by atoms with Crippen LogP contribution in [0, 0.1) is 5.92 Å².